The van der Waals surface area contributed by atoms with Crippen molar-refractivity contribution in [2.24, 2.45) is 0 Å². The van der Waals surface area contributed by atoms with Crippen molar-refractivity contribution in [3.05, 3.63) is 40.9 Å². The first-order valence-corrected chi connectivity index (χ1v) is 7.84. The van der Waals surface area contributed by atoms with Gasteiger partial charge in [0.25, 0.3) is 5.91 Å². The minimum atomic E-state index is -0.370. The smallest absolute Gasteiger partial charge is 0.262 e. The van der Waals surface area contributed by atoms with Gasteiger partial charge in [-0.1, -0.05) is 11.6 Å². The number of rotatable bonds is 5. The molecule has 7 nitrogen and oxygen atoms in total. The largest absolute Gasteiger partial charge is 0.495 e. The number of halogens is 1. The van der Waals surface area contributed by atoms with Crippen LogP contribution >= 0.6 is 11.6 Å². The van der Waals surface area contributed by atoms with Crippen molar-refractivity contribution in [2.45, 2.75) is 13.8 Å². The number of fused-ring (bicyclic) bond motifs is 1. The van der Waals surface area contributed by atoms with Crippen LogP contribution in [0.4, 0.5) is 5.69 Å². The number of nitrogens with one attached hydrogen (secondary N) is 1. The first-order chi connectivity index (χ1) is 12.0. The van der Waals surface area contributed by atoms with Crippen molar-refractivity contribution in [3.63, 3.8) is 0 Å². The highest BCUT2D eigenvalue weighted by atomic mass is 35.5. The number of furan rings is 1. The molecule has 1 N–H and O–H groups in total. The summed E-state index contributed by atoms with van der Waals surface area (Å²) in [6.07, 6.45) is 1.33. The van der Waals surface area contributed by atoms with Gasteiger partial charge in [-0.15, -0.1) is 0 Å². The summed E-state index contributed by atoms with van der Waals surface area (Å²) in [5.41, 5.74) is 1.77. The molecule has 0 fully saturated rings. The second kappa shape index (κ2) is 6.98. The molecule has 8 heteroatoms. The maximum atomic E-state index is 12.2. The van der Waals surface area contributed by atoms with E-state index in [-0.39, 0.29) is 12.5 Å². The van der Waals surface area contributed by atoms with Crippen LogP contribution in [0.2, 0.25) is 5.02 Å². The van der Waals surface area contributed by atoms with Gasteiger partial charge in [-0.05, 0) is 32.0 Å². The summed E-state index contributed by atoms with van der Waals surface area (Å²) >= 11 is 5.95. The normalized spacial score (nSPS) is 10.7. The number of carbonyl (C=O) groups excluding carboxylic acids is 1. The number of nitrogens with zero attached hydrogens (tertiary/aromatic N) is 2. The van der Waals surface area contributed by atoms with Crippen LogP contribution in [0.1, 0.15) is 11.3 Å². The van der Waals surface area contributed by atoms with E-state index in [0.29, 0.717) is 33.4 Å². The third kappa shape index (κ3) is 3.51. The molecule has 0 radical (unpaired) electrons. The Morgan fingerprint density at radius 1 is 1.32 bits per heavy atom. The SMILES string of the molecule is COc1ccc(Cl)cc1NC(=O)COc1ncnc2oc(C)c(C)c12. The van der Waals surface area contributed by atoms with Crippen LogP contribution in [0.3, 0.4) is 0 Å². The zero-order valence-corrected chi connectivity index (χ0v) is 14.7. The third-order valence-electron chi connectivity index (χ3n) is 3.71. The monoisotopic (exact) mass is 361 g/mol. The standard InChI is InChI=1S/C17H16ClN3O4/c1-9-10(2)25-17-15(9)16(19-8-20-17)24-7-14(22)21-12-6-11(18)4-5-13(12)23-3/h4-6,8H,7H2,1-3H3,(H,21,22). The quantitative estimate of drug-likeness (QED) is 0.748. The summed E-state index contributed by atoms with van der Waals surface area (Å²) in [5.74, 6) is 1.16. The molecule has 0 unspecified atom stereocenters. The highest BCUT2D eigenvalue weighted by molar-refractivity contribution is 6.31. The molecule has 0 saturated heterocycles. The Bertz CT molecular complexity index is 939. The Labute approximate surface area is 148 Å². The molecule has 0 aliphatic carbocycles. The first-order valence-electron chi connectivity index (χ1n) is 7.46. The van der Waals surface area contributed by atoms with Gasteiger partial charge in [0.1, 0.15) is 23.2 Å². The van der Waals surface area contributed by atoms with Crippen molar-refractivity contribution in [1.82, 2.24) is 9.97 Å². The second-order valence-corrected chi connectivity index (χ2v) is 5.76. The van der Waals surface area contributed by atoms with Crippen LogP contribution in [0.15, 0.2) is 28.9 Å². The molecule has 0 spiro atoms. The van der Waals surface area contributed by atoms with E-state index >= 15 is 0 Å². The van der Waals surface area contributed by atoms with Crippen molar-refractivity contribution >= 4 is 34.3 Å². The summed E-state index contributed by atoms with van der Waals surface area (Å²) in [6, 6.07) is 4.95. The zero-order chi connectivity index (χ0) is 18.0. The molecule has 0 aliphatic rings. The van der Waals surface area contributed by atoms with E-state index in [2.05, 4.69) is 15.3 Å². The van der Waals surface area contributed by atoms with E-state index in [9.17, 15) is 4.79 Å². The molecule has 0 saturated carbocycles. The van der Waals surface area contributed by atoms with Gasteiger partial charge in [0.05, 0.1) is 12.8 Å². The van der Waals surface area contributed by atoms with Crippen molar-refractivity contribution in [1.29, 1.82) is 0 Å². The van der Waals surface area contributed by atoms with Gasteiger partial charge < -0.3 is 19.2 Å². The minimum absolute atomic E-state index is 0.231. The van der Waals surface area contributed by atoms with Crippen LogP contribution in [-0.2, 0) is 4.79 Å². The van der Waals surface area contributed by atoms with Gasteiger partial charge in [-0.3, -0.25) is 4.79 Å². The fourth-order valence-electron chi connectivity index (χ4n) is 2.36. The first kappa shape index (κ1) is 17.0. The number of benzene rings is 1. The van der Waals surface area contributed by atoms with Gasteiger partial charge in [0, 0.05) is 10.6 Å². The fraction of sp³-hybridized carbons (Fsp3) is 0.235. The molecule has 3 aromatic rings. The van der Waals surface area contributed by atoms with Crippen LogP contribution in [0, 0.1) is 13.8 Å². The average molecular weight is 362 g/mol. The minimum Gasteiger partial charge on any atom is -0.495 e. The molecule has 0 aliphatic heterocycles. The Morgan fingerprint density at radius 3 is 2.88 bits per heavy atom. The van der Waals surface area contributed by atoms with Gasteiger partial charge in [0.2, 0.25) is 11.6 Å². The second-order valence-electron chi connectivity index (χ2n) is 5.32. The molecule has 25 heavy (non-hydrogen) atoms. The van der Waals surface area contributed by atoms with E-state index < -0.39 is 0 Å². The highest BCUT2D eigenvalue weighted by Gasteiger charge is 2.16. The molecule has 0 atom stereocenters. The molecule has 2 aromatic heterocycles. The third-order valence-corrected chi connectivity index (χ3v) is 3.94. The number of methoxy groups -OCH3 is 1. The van der Waals surface area contributed by atoms with Crippen molar-refractivity contribution < 1.29 is 18.7 Å². The van der Waals surface area contributed by atoms with Gasteiger partial charge >= 0.3 is 0 Å². The van der Waals surface area contributed by atoms with E-state index in [0.717, 1.165) is 11.3 Å². The lowest BCUT2D eigenvalue weighted by Gasteiger charge is -2.11. The van der Waals surface area contributed by atoms with Crippen LogP contribution in [-0.4, -0.2) is 29.6 Å². The lowest BCUT2D eigenvalue weighted by atomic mass is 10.2. The number of amides is 1. The van der Waals surface area contributed by atoms with Crippen LogP contribution in [0.5, 0.6) is 11.6 Å². The number of aromatic nitrogens is 2. The molecule has 3 rings (SSSR count). The van der Waals surface area contributed by atoms with Gasteiger partial charge in [0.15, 0.2) is 6.61 Å². The van der Waals surface area contributed by atoms with Gasteiger partial charge in [-0.25, -0.2) is 9.97 Å². The topological polar surface area (TPSA) is 86.5 Å². The lowest BCUT2D eigenvalue weighted by Crippen LogP contribution is -2.21. The Balaban J connectivity index is 1.74. The molecule has 0 bridgehead atoms. The number of anilines is 1. The summed E-state index contributed by atoms with van der Waals surface area (Å²) in [7, 11) is 1.51. The average Bonchev–Trinajstić information content (AvgIpc) is 2.88. The zero-order valence-electron chi connectivity index (χ0n) is 13.9. The maximum Gasteiger partial charge on any atom is 0.262 e. The summed E-state index contributed by atoms with van der Waals surface area (Å²) in [4.78, 5) is 20.3. The Hall–Kier alpha value is -2.80. The number of hydrogen-bond donors (Lipinski definition) is 1. The van der Waals surface area contributed by atoms with Crippen molar-refractivity contribution in [3.8, 4) is 11.6 Å². The van der Waals surface area contributed by atoms with E-state index in [4.69, 9.17) is 25.5 Å². The number of aryl methyl sites for hydroxylation is 2. The van der Waals surface area contributed by atoms with Crippen LogP contribution in [0.25, 0.3) is 11.1 Å². The van der Waals surface area contributed by atoms with Crippen molar-refractivity contribution in [2.75, 3.05) is 19.0 Å². The Morgan fingerprint density at radius 2 is 2.12 bits per heavy atom. The molecular weight excluding hydrogens is 346 g/mol. The number of carbonyl (C=O) groups is 1. The number of ether oxygens (including phenoxy) is 2. The molecule has 1 aromatic carbocycles. The van der Waals surface area contributed by atoms with E-state index in [1.165, 1.54) is 13.4 Å². The summed E-state index contributed by atoms with van der Waals surface area (Å²) in [5, 5.41) is 3.85. The summed E-state index contributed by atoms with van der Waals surface area (Å²) < 4.78 is 16.3. The fourth-order valence-corrected chi connectivity index (χ4v) is 2.53. The van der Waals surface area contributed by atoms with Gasteiger partial charge in [-0.2, -0.15) is 0 Å². The molecule has 1 amide bonds. The Kier molecular flexibility index (Phi) is 4.76. The lowest BCUT2D eigenvalue weighted by molar-refractivity contribution is -0.118. The van der Waals surface area contributed by atoms with E-state index in [1.807, 2.05) is 13.8 Å². The molecular formula is C17H16ClN3O4. The van der Waals surface area contributed by atoms with Crippen LogP contribution < -0.4 is 14.8 Å². The number of hydrogen-bond acceptors (Lipinski definition) is 6. The highest BCUT2D eigenvalue weighted by Crippen LogP contribution is 2.30. The molecule has 130 valence electrons. The van der Waals surface area contributed by atoms with E-state index in [1.54, 1.807) is 18.2 Å². The molecule has 2 heterocycles. The predicted octanol–water partition coefficient (Wildman–Crippen LogP) is 3.52. The maximum absolute atomic E-state index is 12.2. The predicted molar refractivity (Wildman–Crippen MR) is 93.4 cm³/mol. The summed E-state index contributed by atoms with van der Waals surface area (Å²) in [6.45, 7) is 3.48.